The van der Waals surface area contributed by atoms with Gasteiger partial charge in [0.25, 0.3) is 0 Å². The first-order chi connectivity index (χ1) is 9.79. The van der Waals surface area contributed by atoms with E-state index in [4.69, 9.17) is 9.84 Å². The summed E-state index contributed by atoms with van der Waals surface area (Å²) in [6, 6.07) is -0.653. The summed E-state index contributed by atoms with van der Waals surface area (Å²) in [6.07, 6.45) is 2.78. The molecule has 0 aromatic carbocycles. The number of hydrogen-bond acceptors (Lipinski definition) is 4. The fourth-order valence-corrected chi connectivity index (χ4v) is 2.51. The fourth-order valence-electron chi connectivity index (χ4n) is 2.51. The van der Waals surface area contributed by atoms with E-state index >= 15 is 0 Å². The number of imide groups is 1. The average Bonchev–Trinajstić information content (AvgIpc) is 3.09. The third-order valence-electron chi connectivity index (χ3n) is 3.97. The Balaban J connectivity index is 1.78. The Labute approximate surface area is 123 Å². The summed E-state index contributed by atoms with van der Waals surface area (Å²) in [5.74, 6) is -1.16. The standard InChI is InChI=1S/C14H22N2O5/c1-14(2,12(18)19)7-10(17)16-13(20)15-9-5-6-21-11(9)8-3-4-8/h8-9,11H,3-7H2,1-2H3,(H,18,19)(H2,15,16,17,20). The van der Waals surface area contributed by atoms with Crippen LogP contribution in [0, 0.1) is 11.3 Å². The maximum Gasteiger partial charge on any atom is 0.321 e. The second-order valence-corrected chi connectivity index (χ2v) is 6.46. The molecule has 0 radical (unpaired) electrons. The van der Waals surface area contributed by atoms with Crippen LogP contribution in [0.1, 0.15) is 39.5 Å². The van der Waals surface area contributed by atoms with Gasteiger partial charge in [-0.15, -0.1) is 0 Å². The van der Waals surface area contributed by atoms with Gasteiger partial charge in [0.15, 0.2) is 0 Å². The molecule has 1 saturated carbocycles. The Morgan fingerprint density at radius 1 is 1.24 bits per heavy atom. The van der Waals surface area contributed by atoms with E-state index in [1.54, 1.807) is 0 Å². The van der Waals surface area contributed by atoms with E-state index in [2.05, 4.69) is 10.6 Å². The molecule has 2 fully saturated rings. The van der Waals surface area contributed by atoms with E-state index in [1.807, 2.05) is 0 Å². The zero-order chi connectivity index (χ0) is 15.6. The Kier molecular flexibility index (Phi) is 4.51. The summed E-state index contributed by atoms with van der Waals surface area (Å²) in [5, 5.41) is 13.9. The Hall–Kier alpha value is -1.63. The smallest absolute Gasteiger partial charge is 0.321 e. The third-order valence-corrected chi connectivity index (χ3v) is 3.97. The lowest BCUT2D eigenvalue weighted by Crippen LogP contribution is -2.48. The van der Waals surface area contributed by atoms with E-state index in [9.17, 15) is 14.4 Å². The van der Waals surface area contributed by atoms with Gasteiger partial charge in [0.2, 0.25) is 5.91 Å². The number of carbonyl (C=O) groups excluding carboxylic acids is 2. The van der Waals surface area contributed by atoms with Gasteiger partial charge in [-0.2, -0.15) is 0 Å². The monoisotopic (exact) mass is 298 g/mol. The van der Waals surface area contributed by atoms with Gasteiger partial charge in [0.05, 0.1) is 17.6 Å². The van der Waals surface area contributed by atoms with Gasteiger partial charge in [-0.25, -0.2) is 4.79 Å². The number of amides is 3. The molecule has 2 rings (SSSR count). The van der Waals surface area contributed by atoms with Gasteiger partial charge in [0, 0.05) is 13.0 Å². The molecule has 3 N–H and O–H groups in total. The van der Waals surface area contributed by atoms with Gasteiger partial charge < -0.3 is 15.2 Å². The number of hydrogen-bond donors (Lipinski definition) is 3. The third kappa shape index (κ3) is 4.17. The highest BCUT2D eigenvalue weighted by molar-refractivity contribution is 5.96. The van der Waals surface area contributed by atoms with E-state index in [-0.39, 0.29) is 18.6 Å². The van der Waals surface area contributed by atoms with Crippen LogP contribution in [0.3, 0.4) is 0 Å². The highest BCUT2D eigenvalue weighted by Crippen LogP contribution is 2.38. The molecule has 3 amide bonds. The molecule has 0 aromatic heterocycles. The van der Waals surface area contributed by atoms with Gasteiger partial charge >= 0.3 is 12.0 Å². The predicted molar refractivity (Wildman–Crippen MR) is 73.6 cm³/mol. The van der Waals surface area contributed by atoms with Crippen molar-refractivity contribution in [3.63, 3.8) is 0 Å². The second kappa shape index (κ2) is 6.01. The molecule has 118 valence electrons. The Bertz CT molecular complexity index is 445. The van der Waals surface area contributed by atoms with Crippen LogP contribution in [0.2, 0.25) is 0 Å². The summed E-state index contributed by atoms with van der Waals surface area (Å²) in [5.41, 5.74) is -1.20. The van der Waals surface area contributed by atoms with Crippen LogP contribution in [0.5, 0.6) is 0 Å². The Morgan fingerprint density at radius 3 is 2.48 bits per heavy atom. The van der Waals surface area contributed by atoms with Gasteiger partial charge in [0.1, 0.15) is 0 Å². The molecule has 1 aliphatic heterocycles. The van der Waals surface area contributed by atoms with Crippen molar-refractivity contribution in [1.29, 1.82) is 0 Å². The van der Waals surface area contributed by atoms with Crippen molar-refractivity contribution in [2.75, 3.05) is 6.61 Å². The van der Waals surface area contributed by atoms with Crippen molar-refractivity contribution in [1.82, 2.24) is 10.6 Å². The topological polar surface area (TPSA) is 105 Å². The molecule has 2 unspecified atom stereocenters. The second-order valence-electron chi connectivity index (χ2n) is 6.46. The summed E-state index contributed by atoms with van der Waals surface area (Å²) in [7, 11) is 0. The van der Waals surface area contributed by atoms with Crippen LogP contribution in [-0.4, -0.2) is 41.8 Å². The van der Waals surface area contributed by atoms with Gasteiger partial charge in [-0.1, -0.05) is 0 Å². The number of nitrogens with one attached hydrogen (secondary N) is 2. The van der Waals surface area contributed by atoms with E-state index < -0.39 is 23.3 Å². The predicted octanol–water partition coefficient (Wildman–Crippen LogP) is 0.881. The Morgan fingerprint density at radius 2 is 1.90 bits per heavy atom. The van der Waals surface area contributed by atoms with Crippen LogP contribution in [0.15, 0.2) is 0 Å². The normalized spacial score (nSPS) is 25.4. The summed E-state index contributed by atoms with van der Waals surface area (Å²) < 4.78 is 5.60. The van der Waals surface area contributed by atoms with E-state index in [1.165, 1.54) is 13.8 Å². The lowest BCUT2D eigenvalue weighted by atomic mass is 9.89. The molecule has 0 bridgehead atoms. The molecule has 0 spiro atoms. The molecule has 2 aliphatic rings. The van der Waals surface area contributed by atoms with Crippen molar-refractivity contribution >= 4 is 17.9 Å². The van der Waals surface area contributed by atoms with Crippen molar-refractivity contribution in [3.05, 3.63) is 0 Å². The maximum absolute atomic E-state index is 11.8. The molecule has 21 heavy (non-hydrogen) atoms. The number of rotatable bonds is 5. The highest BCUT2D eigenvalue weighted by atomic mass is 16.5. The number of carboxylic acids is 1. The zero-order valence-corrected chi connectivity index (χ0v) is 12.3. The molecule has 7 heteroatoms. The van der Waals surface area contributed by atoms with Gasteiger partial charge in [-0.05, 0) is 39.0 Å². The van der Waals surface area contributed by atoms with Gasteiger partial charge in [-0.3, -0.25) is 14.9 Å². The minimum absolute atomic E-state index is 0.0429. The maximum atomic E-state index is 11.8. The van der Waals surface area contributed by atoms with E-state index in [0.717, 1.165) is 19.3 Å². The number of ether oxygens (including phenoxy) is 1. The summed E-state index contributed by atoms with van der Waals surface area (Å²) in [6.45, 7) is 3.51. The molecule has 1 aliphatic carbocycles. The lowest BCUT2D eigenvalue weighted by molar-refractivity contribution is -0.149. The summed E-state index contributed by atoms with van der Waals surface area (Å²) >= 11 is 0. The van der Waals surface area contributed by atoms with Crippen LogP contribution in [-0.2, 0) is 14.3 Å². The molecular weight excluding hydrogens is 276 g/mol. The summed E-state index contributed by atoms with van der Waals surface area (Å²) in [4.78, 5) is 34.5. The molecule has 1 saturated heterocycles. The van der Waals surface area contributed by atoms with Crippen LogP contribution >= 0.6 is 0 Å². The minimum atomic E-state index is -1.20. The largest absolute Gasteiger partial charge is 0.481 e. The van der Waals surface area contributed by atoms with E-state index in [0.29, 0.717) is 12.5 Å². The number of urea groups is 1. The number of carbonyl (C=O) groups is 3. The van der Waals surface area contributed by atoms with Crippen LogP contribution in [0.4, 0.5) is 4.79 Å². The zero-order valence-electron chi connectivity index (χ0n) is 12.3. The minimum Gasteiger partial charge on any atom is -0.481 e. The molecule has 7 nitrogen and oxygen atoms in total. The van der Waals surface area contributed by atoms with Crippen molar-refractivity contribution in [3.8, 4) is 0 Å². The molecule has 0 aromatic rings. The van der Waals surface area contributed by atoms with Crippen molar-refractivity contribution < 1.29 is 24.2 Å². The number of aliphatic carboxylic acids is 1. The van der Waals surface area contributed by atoms with Crippen molar-refractivity contribution in [2.45, 2.75) is 51.7 Å². The first-order valence-electron chi connectivity index (χ1n) is 7.25. The SMILES string of the molecule is CC(C)(CC(=O)NC(=O)NC1CCOC1C1CC1)C(=O)O. The quantitative estimate of drug-likeness (QED) is 0.699. The van der Waals surface area contributed by atoms with Crippen molar-refractivity contribution in [2.24, 2.45) is 11.3 Å². The molecular formula is C14H22N2O5. The average molecular weight is 298 g/mol. The molecule has 1 heterocycles. The van der Waals surface area contributed by atoms with Crippen LogP contribution < -0.4 is 10.6 Å². The van der Waals surface area contributed by atoms with Crippen LogP contribution in [0.25, 0.3) is 0 Å². The first-order valence-corrected chi connectivity index (χ1v) is 7.25. The number of carboxylic acid groups (broad SMARTS) is 1. The molecule has 2 atom stereocenters. The fraction of sp³-hybridized carbons (Fsp3) is 0.786. The first kappa shape index (κ1) is 15.8. The lowest BCUT2D eigenvalue weighted by Gasteiger charge is -2.21. The highest BCUT2D eigenvalue weighted by Gasteiger charge is 2.41.